The topological polar surface area (TPSA) is 64.6 Å². The van der Waals surface area contributed by atoms with Crippen LogP contribution in [0.2, 0.25) is 0 Å². The molecule has 2 bridgehead atoms. The molecule has 3 aliphatic rings. The number of methoxy groups -OCH3 is 2. The first-order valence-electron chi connectivity index (χ1n) is 12.0. The zero-order chi connectivity index (χ0) is 24.9. The zero-order valence-corrected chi connectivity index (χ0v) is 20.1. The fourth-order valence-corrected chi connectivity index (χ4v) is 5.98. The lowest BCUT2D eigenvalue weighted by Gasteiger charge is -2.22. The van der Waals surface area contributed by atoms with E-state index in [1.165, 1.54) is 19.8 Å². The number of hydrogen-bond acceptors (Lipinski definition) is 5. The number of ether oxygens (including phenoxy) is 2. The van der Waals surface area contributed by atoms with E-state index in [0.717, 1.165) is 38.9 Å². The Morgan fingerprint density at radius 1 is 0.806 bits per heavy atom. The summed E-state index contributed by atoms with van der Waals surface area (Å²) in [5.74, 6) is 5.64. The Balaban J connectivity index is 1.67. The van der Waals surface area contributed by atoms with Gasteiger partial charge in [-0.3, -0.25) is 14.9 Å². The van der Waals surface area contributed by atoms with Crippen LogP contribution < -0.4 is 5.32 Å². The Labute approximate surface area is 210 Å². The molecule has 3 aromatic carbocycles. The van der Waals surface area contributed by atoms with E-state index in [0.29, 0.717) is 0 Å². The summed E-state index contributed by atoms with van der Waals surface area (Å²) in [4.78, 5) is 26.2. The number of nitrogens with one attached hydrogen (secondary N) is 1. The van der Waals surface area contributed by atoms with E-state index in [-0.39, 0.29) is 24.9 Å². The molecule has 1 aliphatic carbocycles. The first-order chi connectivity index (χ1) is 17.6. The number of esters is 2. The van der Waals surface area contributed by atoms with Crippen LogP contribution in [0.25, 0.3) is 11.1 Å². The van der Waals surface area contributed by atoms with Gasteiger partial charge in [0.25, 0.3) is 0 Å². The lowest BCUT2D eigenvalue weighted by molar-refractivity contribution is -0.168. The largest absolute Gasteiger partial charge is 0.468 e. The van der Waals surface area contributed by atoms with E-state index < -0.39 is 17.4 Å². The number of benzene rings is 3. The SMILES string of the molecule is COC(=O)C1(C(=O)OC)Cc2c(C#Cc3ccccc3)c(-c3ccccc3)c3c(c2C1)[C@@H]1C=C[C@H]3N1. The van der Waals surface area contributed by atoms with Crippen molar-refractivity contribution >= 4 is 11.9 Å². The Morgan fingerprint density at radius 3 is 2.03 bits per heavy atom. The monoisotopic (exact) mass is 475 g/mol. The minimum absolute atomic E-state index is 0.0310. The van der Waals surface area contributed by atoms with Gasteiger partial charge in [0.1, 0.15) is 0 Å². The van der Waals surface area contributed by atoms with Crippen LogP contribution in [0.3, 0.4) is 0 Å². The number of fused-ring (bicyclic) bond motifs is 7. The van der Waals surface area contributed by atoms with Crippen LogP contribution in [0.4, 0.5) is 0 Å². The third kappa shape index (κ3) is 3.22. The van der Waals surface area contributed by atoms with Crippen LogP contribution in [0.5, 0.6) is 0 Å². The van der Waals surface area contributed by atoms with Crippen molar-refractivity contribution in [3.05, 3.63) is 106 Å². The molecule has 0 spiro atoms. The van der Waals surface area contributed by atoms with Crippen molar-refractivity contribution in [2.75, 3.05) is 14.2 Å². The van der Waals surface area contributed by atoms with Crippen molar-refractivity contribution < 1.29 is 19.1 Å². The molecule has 1 N–H and O–H groups in total. The van der Waals surface area contributed by atoms with Gasteiger partial charge in [-0.05, 0) is 39.9 Å². The standard InChI is InChI=1S/C31H25NO4/c1-35-29(33)31(30(34)36-2)17-22-21(14-13-19-9-5-3-6-10-19)26(20-11-7-4-8-12-20)28-25-16-15-24(32-25)27(28)23(22)18-31/h3-12,15-16,24-25,32H,17-18H2,1-2H3/t24-,25+/m0/s1. The molecule has 178 valence electrons. The molecule has 2 heterocycles. The minimum atomic E-state index is -1.43. The molecule has 0 radical (unpaired) electrons. The first kappa shape index (κ1) is 22.3. The van der Waals surface area contributed by atoms with Gasteiger partial charge in [-0.1, -0.05) is 72.5 Å². The molecule has 0 unspecified atom stereocenters. The van der Waals surface area contributed by atoms with Crippen LogP contribution in [-0.2, 0) is 31.9 Å². The molecule has 5 heteroatoms. The van der Waals surface area contributed by atoms with E-state index in [4.69, 9.17) is 9.47 Å². The predicted octanol–water partition coefficient (Wildman–Crippen LogP) is 4.44. The molecule has 6 rings (SSSR count). The Bertz CT molecular complexity index is 1460. The Kier molecular flexibility index (Phi) is 5.28. The van der Waals surface area contributed by atoms with Crippen molar-refractivity contribution in [3.63, 3.8) is 0 Å². The van der Waals surface area contributed by atoms with Crippen molar-refractivity contribution in [1.82, 2.24) is 5.32 Å². The van der Waals surface area contributed by atoms with Crippen molar-refractivity contribution in [2.24, 2.45) is 5.41 Å². The first-order valence-corrected chi connectivity index (χ1v) is 12.0. The summed E-state index contributed by atoms with van der Waals surface area (Å²) in [5, 5.41) is 3.66. The number of carbonyl (C=O) groups is 2. The maximum atomic E-state index is 13.1. The molecule has 0 saturated carbocycles. The number of rotatable bonds is 3. The van der Waals surface area contributed by atoms with Gasteiger partial charge < -0.3 is 9.47 Å². The summed E-state index contributed by atoms with van der Waals surface area (Å²) in [6.07, 6.45) is 4.77. The summed E-state index contributed by atoms with van der Waals surface area (Å²) in [6, 6.07) is 20.1. The van der Waals surface area contributed by atoms with Crippen molar-refractivity contribution in [3.8, 4) is 23.0 Å². The molecule has 5 nitrogen and oxygen atoms in total. The average molecular weight is 476 g/mol. The van der Waals surface area contributed by atoms with Crippen LogP contribution in [0.15, 0.2) is 72.8 Å². The molecule has 0 saturated heterocycles. The quantitative estimate of drug-likeness (QED) is 0.263. The van der Waals surface area contributed by atoms with Gasteiger partial charge in [0.15, 0.2) is 5.41 Å². The zero-order valence-electron chi connectivity index (χ0n) is 20.1. The molecule has 0 fully saturated rings. The van der Waals surface area contributed by atoms with Crippen molar-refractivity contribution in [1.29, 1.82) is 0 Å². The second-order valence-corrected chi connectivity index (χ2v) is 9.44. The van der Waals surface area contributed by atoms with Crippen LogP contribution in [0.1, 0.15) is 45.5 Å². The highest BCUT2D eigenvalue weighted by Crippen LogP contribution is 2.54. The summed E-state index contributed by atoms with van der Waals surface area (Å²) in [7, 11) is 2.64. The van der Waals surface area contributed by atoms with Gasteiger partial charge in [-0.2, -0.15) is 0 Å². The molecule has 3 aromatic rings. The van der Waals surface area contributed by atoms with Gasteiger partial charge in [0, 0.05) is 29.5 Å². The second-order valence-electron chi connectivity index (χ2n) is 9.44. The van der Waals surface area contributed by atoms with E-state index in [1.807, 2.05) is 48.5 Å². The normalized spacial score (nSPS) is 19.7. The summed E-state index contributed by atoms with van der Waals surface area (Å²) in [6.45, 7) is 0. The number of hydrogen-bond donors (Lipinski definition) is 1. The smallest absolute Gasteiger partial charge is 0.323 e. The molecule has 36 heavy (non-hydrogen) atoms. The summed E-state index contributed by atoms with van der Waals surface area (Å²) < 4.78 is 10.3. The molecular weight excluding hydrogens is 450 g/mol. The summed E-state index contributed by atoms with van der Waals surface area (Å²) >= 11 is 0. The minimum Gasteiger partial charge on any atom is -0.468 e. The van der Waals surface area contributed by atoms with Crippen LogP contribution in [0, 0.1) is 17.3 Å². The number of carbonyl (C=O) groups excluding carboxylic acids is 2. The lowest BCUT2D eigenvalue weighted by Crippen LogP contribution is -2.42. The average Bonchev–Trinajstić information content (AvgIpc) is 3.66. The van der Waals surface area contributed by atoms with Crippen LogP contribution >= 0.6 is 0 Å². The third-order valence-electron chi connectivity index (χ3n) is 7.56. The van der Waals surface area contributed by atoms with Gasteiger partial charge in [-0.15, -0.1) is 0 Å². The molecule has 2 aliphatic heterocycles. The van der Waals surface area contributed by atoms with E-state index >= 15 is 0 Å². The third-order valence-corrected chi connectivity index (χ3v) is 7.56. The highest BCUT2D eigenvalue weighted by molar-refractivity contribution is 6.02. The van der Waals surface area contributed by atoms with E-state index in [9.17, 15) is 9.59 Å². The Morgan fingerprint density at radius 2 is 1.39 bits per heavy atom. The van der Waals surface area contributed by atoms with E-state index in [2.05, 4.69) is 41.4 Å². The molecule has 0 aromatic heterocycles. The second kappa shape index (κ2) is 8.51. The fraction of sp³-hybridized carbons (Fsp3) is 0.226. The maximum absolute atomic E-state index is 13.1. The van der Waals surface area contributed by atoms with Gasteiger partial charge >= 0.3 is 11.9 Å². The van der Waals surface area contributed by atoms with Crippen LogP contribution in [-0.4, -0.2) is 26.2 Å². The lowest BCUT2D eigenvalue weighted by atomic mass is 9.80. The molecular formula is C31H25NO4. The Hall–Kier alpha value is -4.14. The fourth-order valence-electron chi connectivity index (χ4n) is 5.98. The van der Waals surface area contributed by atoms with Gasteiger partial charge in [0.2, 0.25) is 0 Å². The summed E-state index contributed by atoms with van der Waals surface area (Å²) in [5.41, 5.74) is 6.70. The maximum Gasteiger partial charge on any atom is 0.323 e. The van der Waals surface area contributed by atoms with E-state index in [1.54, 1.807) is 0 Å². The highest BCUT2D eigenvalue weighted by Gasteiger charge is 2.55. The highest BCUT2D eigenvalue weighted by atomic mass is 16.5. The van der Waals surface area contributed by atoms with Gasteiger partial charge in [-0.25, -0.2) is 0 Å². The predicted molar refractivity (Wildman–Crippen MR) is 136 cm³/mol. The molecule has 2 atom stereocenters. The van der Waals surface area contributed by atoms with Crippen molar-refractivity contribution in [2.45, 2.75) is 24.9 Å². The van der Waals surface area contributed by atoms with Gasteiger partial charge in [0.05, 0.1) is 26.3 Å². The molecule has 0 amide bonds.